The normalized spacial score (nSPS) is 9.82. The van der Waals surface area contributed by atoms with Gasteiger partial charge in [0.25, 0.3) is 0 Å². The van der Waals surface area contributed by atoms with Gasteiger partial charge in [0.15, 0.2) is 0 Å². The first-order valence-electron chi connectivity index (χ1n) is 5.71. The molecule has 4 nitrogen and oxygen atoms in total. The quantitative estimate of drug-likeness (QED) is 0.789. The van der Waals surface area contributed by atoms with Crippen molar-refractivity contribution < 1.29 is 14.3 Å². The van der Waals surface area contributed by atoms with Crippen LogP contribution in [0.1, 0.15) is 12.5 Å². The molecule has 0 N–H and O–H groups in total. The van der Waals surface area contributed by atoms with Crippen LogP contribution in [0.15, 0.2) is 24.3 Å². The molecular formula is C13H19NO3. The number of ether oxygens (including phenoxy) is 2. The standard InChI is InChI=1S/C13H19NO3/c1-4-16-13(15)14(3)9-10-17-12-7-5-11(2)6-8-12/h5-8H,4,9-10H2,1-3H3. The maximum atomic E-state index is 11.3. The largest absolute Gasteiger partial charge is 0.492 e. The second-order valence-electron chi connectivity index (χ2n) is 3.78. The van der Waals surface area contributed by atoms with Crippen LogP contribution in [0, 0.1) is 6.92 Å². The van der Waals surface area contributed by atoms with Gasteiger partial charge >= 0.3 is 6.09 Å². The van der Waals surface area contributed by atoms with Crippen molar-refractivity contribution in [3.63, 3.8) is 0 Å². The van der Waals surface area contributed by atoms with E-state index in [1.165, 1.54) is 10.5 Å². The summed E-state index contributed by atoms with van der Waals surface area (Å²) in [7, 11) is 1.69. The Hall–Kier alpha value is -1.71. The molecule has 0 fully saturated rings. The SMILES string of the molecule is CCOC(=O)N(C)CCOc1ccc(C)cc1. The summed E-state index contributed by atoms with van der Waals surface area (Å²) in [6, 6.07) is 7.81. The molecule has 0 saturated heterocycles. The van der Waals surface area contributed by atoms with Crippen LogP contribution in [0.25, 0.3) is 0 Å². The van der Waals surface area contributed by atoms with E-state index in [9.17, 15) is 4.79 Å². The number of benzene rings is 1. The minimum atomic E-state index is -0.319. The highest BCUT2D eigenvalue weighted by molar-refractivity contribution is 5.67. The summed E-state index contributed by atoms with van der Waals surface area (Å²) < 4.78 is 10.4. The lowest BCUT2D eigenvalue weighted by Crippen LogP contribution is -2.31. The van der Waals surface area contributed by atoms with Crippen molar-refractivity contribution in [2.24, 2.45) is 0 Å². The summed E-state index contributed by atoms with van der Waals surface area (Å²) in [5.41, 5.74) is 1.20. The van der Waals surface area contributed by atoms with Crippen LogP contribution in [0.3, 0.4) is 0 Å². The molecule has 0 radical (unpaired) electrons. The smallest absolute Gasteiger partial charge is 0.409 e. The molecule has 0 aliphatic heterocycles. The summed E-state index contributed by atoms with van der Waals surface area (Å²) in [5.74, 6) is 0.813. The highest BCUT2D eigenvalue weighted by atomic mass is 16.6. The molecular weight excluding hydrogens is 218 g/mol. The summed E-state index contributed by atoms with van der Waals surface area (Å²) in [6.07, 6.45) is -0.319. The van der Waals surface area contributed by atoms with E-state index >= 15 is 0 Å². The lowest BCUT2D eigenvalue weighted by molar-refractivity contribution is 0.110. The van der Waals surface area contributed by atoms with Gasteiger partial charge in [0.05, 0.1) is 13.2 Å². The van der Waals surface area contributed by atoms with Gasteiger partial charge < -0.3 is 14.4 Å². The summed E-state index contributed by atoms with van der Waals surface area (Å²) in [6.45, 7) is 5.17. The fraction of sp³-hybridized carbons (Fsp3) is 0.462. The highest BCUT2D eigenvalue weighted by Crippen LogP contribution is 2.11. The van der Waals surface area contributed by atoms with Gasteiger partial charge in [0.2, 0.25) is 0 Å². The topological polar surface area (TPSA) is 38.8 Å². The summed E-state index contributed by atoms with van der Waals surface area (Å²) in [4.78, 5) is 12.8. The number of hydrogen-bond acceptors (Lipinski definition) is 3. The van der Waals surface area contributed by atoms with Gasteiger partial charge in [-0.05, 0) is 26.0 Å². The van der Waals surface area contributed by atoms with Crippen LogP contribution in [-0.2, 0) is 4.74 Å². The minimum Gasteiger partial charge on any atom is -0.492 e. The average molecular weight is 237 g/mol. The van der Waals surface area contributed by atoms with Gasteiger partial charge in [-0.25, -0.2) is 4.79 Å². The van der Waals surface area contributed by atoms with Crippen LogP contribution in [-0.4, -0.2) is 37.8 Å². The van der Waals surface area contributed by atoms with Crippen LogP contribution in [0.4, 0.5) is 4.79 Å². The monoisotopic (exact) mass is 237 g/mol. The molecule has 94 valence electrons. The predicted molar refractivity (Wildman–Crippen MR) is 66.3 cm³/mol. The van der Waals surface area contributed by atoms with Crippen molar-refractivity contribution in [1.29, 1.82) is 0 Å². The maximum absolute atomic E-state index is 11.3. The molecule has 0 spiro atoms. The Morgan fingerprint density at radius 1 is 1.29 bits per heavy atom. The number of amides is 1. The Labute approximate surface area is 102 Å². The fourth-order valence-corrected chi connectivity index (χ4v) is 1.26. The predicted octanol–water partition coefficient (Wildman–Crippen LogP) is 2.46. The van der Waals surface area contributed by atoms with E-state index in [1.54, 1.807) is 14.0 Å². The fourth-order valence-electron chi connectivity index (χ4n) is 1.26. The van der Waals surface area contributed by atoms with E-state index < -0.39 is 0 Å². The molecule has 0 unspecified atom stereocenters. The zero-order valence-electron chi connectivity index (χ0n) is 10.6. The minimum absolute atomic E-state index is 0.319. The van der Waals surface area contributed by atoms with Crippen molar-refractivity contribution in [3.8, 4) is 5.75 Å². The van der Waals surface area contributed by atoms with Gasteiger partial charge in [-0.15, -0.1) is 0 Å². The molecule has 0 bridgehead atoms. The Morgan fingerprint density at radius 3 is 2.53 bits per heavy atom. The molecule has 1 amide bonds. The second-order valence-corrected chi connectivity index (χ2v) is 3.78. The van der Waals surface area contributed by atoms with Crippen molar-refractivity contribution in [2.45, 2.75) is 13.8 Å². The molecule has 1 rings (SSSR count). The third-order valence-corrected chi connectivity index (χ3v) is 2.30. The van der Waals surface area contributed by atoms with E-state index in [0.717, 1.165) is 5.75 Å². The van der Waals surface area contributed by atoms with Gasteiger partial charge in [-0.1, -0.05) is 17.7 Å². The molecule has 0 saturated carbocycles. The molecule has 1 aromatic carbocycles. The second kappa shape index (κ2) is 6.78. The lowest BCUT2D eigenvalue weighted by Gasteiger charge is -2.16. The van der Waals surface area contributed by atoms with Crippen LogP contribution < -0.4 is 4.74 Å². The Morgan fingerprint density at radius 2 is 1.94 bits per heavy atom. The first-order chi connectivity index (χ1) is 8.13. The molecule has 1 aromatic rings. The highest BCUT2D eigenvalue weighted by Gasteiger charge is 2.08. The van der Waals surface area contributed by atoms with Crippen molar-refractivity contribution >= 4 is 6.09 Å². The molecule has 0 aliphatic rings. The first-order valence-corrected chi connectivity index (χ1v) is 5.71. The number of nitrogens with zero attached hydrogens (tertiary/aromatic N) is 1. The zero-order chi connectivity index (χ0) is 12.7. The van der Waals surface area contributed by atoms with Crippen LogP contribution >= 0.6 is 0 Å². The Balaban J connectivity index is 2.27. The van der Waals surface area contributed by atoms with E-state index in [-0.39, 0.29) is 6.09 Å². The number of aryl methyl sites for hydroxylation is 1. The van der Waals surface area contributed by atoms with Gasteiger partial charge in [-0.3, -0.25) is 0 Å². The number of carbonyl (C=O) groups excluding carboxylic acids is 1. The Bertz CT molecular complexity index is 348. The van der Waals surface area contributed by atoms with E-state index in [1.807, 2.05) is 31.2 Å². The summed E-state index contributed by atoms with van der Waals surface area (Å²) in [5, 5.41) is 0. The molecule has 17 heavy (non-hydrogen) atoms. The van der Waals surface area contributed by atoms with E-state index in [4.69, 9.17) is 9.47 Å². The number of hydrogen-bond donors (Lipinski definition) is 0. The lowest BCUT2D eigenvalue weighted by atomic mass is 10.2. The first kappa shape index (κ1) is 13.4. The average Bonchev–Trinajstić information content (AvgIpc) is 2.32. The van der Waals surface area contributed by atoms with E-state index in [0.29, 0.717) is 19.8 Å². The maximum Gasteiger partial charge on any atom is 0.409 e. The molecule has 0 heterocycles. The molecule has 0 atom stereocenters. The van der Waals surface area contributed by atoms with Crippen molar-refractivity contribution in [2.75, 3.05) is 26.8 Å². The van der Waals surface area contributed by atoms with Gasteiger partial charge in [0.1, 0.15) is 12.4 Å². The van der Waals surface area contributed by atoms with Crippen LogP contribution in [0.2, 0.25) is 0 Å². The Kier molecular flexibility index (Phi) is 5.33. The number of carbonyl (C=O) groups is 1. The van der Waals surface area contributed by atoms with Crippen LogP contribution in [0.5, 0.6) is 5.75 Å². The van der Waals surface area contributed by atoms with Gasteiger partial charge in [-0.2, -0.15) is 0 Å². The molecule has 0 aliphatic carbocycles. The number of likely N-dealkylation sites (N-methyl/N-ethyl adjacent to an activating group) is 1. The van der Waals surface area contributed by atoms with Crippen molar-refractivity contribution in [1.82, 2.24) is 4.90 Å². The summed E-state index contributed by atoms with van der Waals surface area (Å²) >= 11 is 0. The zero-order valence-corrected chi connectivity index (χ0v) is 10.6. The third-order valence-electron chi connectivity index (χ3n) is 2.30. The van der Waals surface area contributed by atoms with Crippen molar-refractivity contribution in [3.05, 3.63) is 29.8 Å². The van der Waals surface area contributed by atoms with E-state index in [2.05, 4.69) is 0 Å². The molecule has 4 heteroatoms. The molecule has 0 aromatic heterocycles. The number of rotatable bonds is 5. The third kappa shape index (κ3) is 4.76. The van der Waals surface area contributed by atoms with Gasteiger partial charge in [0, 0.05) is 7.05 Å².